The number of carbonyl (C=O) groups is 2. The second-order valence-corrected chi connectivity index (χ2v) is 4.31. The zero-order valence-corrected chi connectivity index (χ0v) is 10.8. The third-order valence-electron chi connectivity index (χ3n) is 1.95. The minimum atomic E-state index is -0.383. The van der Waals surface area contributed by atoms with Crippen molar-refractivity contribution in [3.63, 3.8) is 0 Å². The van der Waals surface area contributed by atoms with Crippen molar-refractivity contribution in [3.05, 3.63) is 0 Å². The first-order valence-corrected chi connectivity index (χ1v) is 5.72. The number of carbonyl (C=O) groups excluding carboxylic acids is 2. The highest BCUT2D eigenvalue weighted by Gasteiger charge is 2.17. The van der Waals surface area contributed by atoms with Crippen molar-refractivity contribution in [1.82, 2.24) is 10.6 Å². The monoisotopic (exact) mass is 248 g/mol. The van der Waals surface area contributed by atoms with Crippen molar-refractivity contribution in [2.24, 2.45) is 5.92 Å². The summed E-state index contributed by atoms with van der Waals surface area (Å²) < 4.78 is 4.77. The fourth-order valence-electron chi connectivity index (χ4n) is 0.930. The quantitative estimate of drug-likeness (QED) is 0.432. The maximum atomic E-state index is 11.4. The SMILES string of the molecule is COCCNC(=O)CNC(=O)C(S)C(C)C. The van der Waals surface area contributed by atoms with E-state index in [2.05, 4.69) is 23.3 Å². The fraction of sp³-hybridized carbons (Fsp3) is 0.800. The second-order valence-electron chi connectivity index (χ2n) is 3.75. The van der Waals surface area contributed by atoms with Crippen molar-refractivity contribution in [2.75, 3.05) is 26.8 Å². The van der Waals surface area contributed by atoms with Gasteiger partial charge in [0.05, 0.1) is 18.4 Å². The molecule has 0 radical (unpaired) electrons. The molecule has 5 nitrogen and oxygen atoms in total. The van der Waals surface area contributed by atoms with Crippen LogP contribution in [0.2, 0.25) is 0 Å². The first-order valence-electron chi connectivity index (χ1n) is 5.20. The number of thiol groups is 1. The van der Waals surface area contributed by atoms with Gasteiger partial charge < -0.3 is 15.4 Å². The topological polar surface area (TPSA) is 67.4 Å². The molecule has 16 heavy (non-hydrogen) atoms. The number of rotatable bonds is 7. The minimum absolute atomic E-state index is 0.0215. The van der Waals surface area contributed by atoms with Crippen LogP contribution >= 0.6 is 12.6 Å². The molecule has 94 valence electrons. The van der Waals surface area contributed by atoms with Gasteiger partial charge in [-0.2, -0.15) is 12.6 Å². The van der Waals surface area contributed by atoms with Crippen LogP contribution in [0.4, 0.5) is 0 Å². The van der Waals surface area contributed by atoms with Gasteiger partial charge in [0, 0.05) is 13.7 Å². The molecular formula is C10H20N2O3S. The predicted octanol–water partition coefficient (Wildman–Crippen LogP) is -0.180. The molecule has 0 aromatic carbocycles. The molecule has 0 aliphatic rings. The Morgan fingerprint density at radius 1 is 1.31 bits per heavy atom. The Morgan fingerprint density at radius 2 is 1.94 bits per heavy atom. The van der Waals surface area contributed by atoms with Gasteiger partial charge in [0.1, 0.15) is 0 Å². The van der Waals surface area contributed by atoms with E-state index in [0.29, 0.717) is 13.2 Å². The Labute approximate surface area is 102 Å². The fourth-order valence-corrected chi connectivity index (χ4v) is 1.02. The van der Waals surface area contributed by atoms with Crippen molar-refractivity contribution in [1.29, 1.82) is 0 Å². The molecular weight excluding hydrogens is 228 g/mol. The largest absolute Gasteiger partial charge is 0.383 e. The van der Waals surface area contributed by atoms with Gasteiger partial charge in [-0.1, -0.05) is 13.8 Å². The zero-order valence-electron chi connectivity index (χ0n) is 9.95. The normalized spacial score (nSPS) is 12.3. The van der Waals surface area contributed by atoms with Crippen molar-refractivity contribution in [2.45, 2.75) is 19.1 Å². The van der Waals surface area contributed by atoms with E-state index in [-0.39, 0.29) is 29.5 Å². The molecule has 0 rings (SSSR count). The second kappa shape index (κ2) is 8.41. The van der Waals surface area contributed by atoms with Crippen LogP contribution in [0.15, 0.2) is 0 Å². The first kappa shape index (κ1) is 15.2. The number of methoxy groups -OCH3 is 1. The average molecular weight is 248 g/mol. The molecule has 1 unspecified atom stereocenters. The number of hydrogen-bond acceptors (Lipinski definition) is 4. The van der Waals surface area contributed by atoms with Gasteiger partial charge in [0.15, 0.2) is 0 Å². The summed E-state index contributed by atoms with van der Waals surface area (Å²) in [4.78, 5) is 22.6. The van der Waals surface area contributed by atoms with Crippen LogP contribution < -0.4 is 10.6 Å². The van der Waals surface area contributed by atoms with Gasteiger partial charge in [-0.15, -0.1) is 0 Å². The van der Waals surface area contributed by atoms with Crippen LogP contribution in [0, 0.1) is 5.92 Å². The van der Waals surface area contributed by atoms with Crippen LogP contribution in [0.1, 0.15) is 13.8 Å². The summed E-state index contributed by atoms with van der Waals surface area (Å²) in [6.07, 6.45) is 0. The summed E-state index contributed by atoms with van der Waals surface area (Å²) in [6, 6.07) is 0. The van der Waals surface area contributed by atoms with E-state index in [4.69, 9.17) is 4.74 Å². The molecule has 6 heteroatoms. The number of hydrogen-bond donors (Lipinski definition) is 3. The Hall–Kier alpha value is -0.750. The summed E-state index contributed by atoms with van der Waals surface area (Å²) in [7, 11) is 1.56. The van der Waals surface area contributed by atoms with E-state index in [1.54, 1.807) is 7.11 Å². The first-order chi connectivity index (χ1) is 7.49. The molecule has 0 aromatic heterocycles. The molecule has 2 amide bonds. The highest BCUT2D eigenvalue weighted by Crippen LogP contribution is 2.07. The van der Waals surface area contributed by atoms with Crippen molar-refractivity contribution in [3.8, 4) is 0 Å². The van der Waals surface area contributed by atoms with E-state index in [1.165, 1.54) is 0 Å². The summed E-state index contributed by atoms with van der Waals surface area (Å²) in [5.41, 5.74) is 0. The molecule has 0 heterocycles. The van der Waals surface area contributed by atoms with Crippen LogP contribution in [0.3, 0.4) is 0 Å². The smallest absolute Gasteiger partial charge is 0.239 e. The van der Waals surface area contributed by atoms with Gasteiger partial charge in [-0.3, -0.25) is 9.59 Å². The lowest BCUT2D eigenvalue weighted by molar-refractivity contribution is -0.126. The lowest BCUT2D eigenvalue weighted by Gasteiger charge is -2.14. The number of ether oxygens (including phenoxy) is 1. The van der Waals surface area contributed by atoms with E-state index < -0.39 is 0 Å². The molecule has 0 bridgehead atoms. The van der Waals surface area contributed by atoms with Crippen LogP contribution in [0.5, 0.6) is 0 Å². The maximum absolute atomic E-state index is 11.4. The molecule has 0 aliphatic carbocycles. The summed E-state index contributed by atoms with van der Waals surface area (Å²) in [5, 5.41) is 4.74. The third-order valence-corrected chi connectivity index (χ3v) is 2.78. The van der Waals surface area contributed by atoms with E-state index in [1.807, 2.05) is 13.8 Å². The van der Waals surface area contributed by atoms with Crippen LogP contribution in [-0.2, 0) is 14.3 Å². The van der Waals surface area contributed by atoms with E-state index >= 15 is 0 Å². The zero-order chi connectivity index (χ0) is 12.6. The van der Waals surface area contributed by atoms with E-state index in [0.717, 1.165) is 0 Å². The molecule has 0 fully saturated rings. The highest BCUT2D eigenvalue weighted by atomic mass is 32.1. The Kier molecular flexibility index (Phi) is 8.01. The van der Waals surface area contributed by atoms with Gasteiger partial charge in [0.2, 0.25) is 11.8 Å². The molecule has 0 aromatic rings. The minimum Gasteiger partial charge on any atom is -0.383 e. The van der Waals surface area contributed by atoms with Gasteiger partial charge >= 0.3 is 0 Å². The predicted molar refractivity (Wildman–Crippen MR) is 65.5 cm³/mol. The molecule has 0 saturated carbocycles. The number of amides is 2. The standard InChI is InChI=1S/C10H20N2O3S/c1-7(2)9(16)10(14)12-6-8(13)11-4-5-15-3/h7,9,16H,4-6H2,1-3H3,(H,11,13)(H,12,14). The van der Waals surface area contributed by atoms with Crippen LogP contribution in [-0.4, -0.2) is 43.9 Å². The number of nitrogens with one attached hydrogen (secondary N) is 2. The Balaban J connectivity index is 3.71. The molecule has 0 saturated heterocycles. The molecule has 0 aliphatic heterocycles. The molecule has 1 atom stereocenters. The summed E-state index contributed by atoms with van der Waals surface area (Å²) >= 11 is 4.14. The summed E-state index contributed by atoms with van der Waals surface area (Å²) in [5.74, 6) is -0.310. The highest BCUT2D eigenvalue weighted by molar-refractivity contribution is 7.81. The van der Waals surface area contributed by atoms with Gasteiger partial charge in [-0.05, 0) is 5.92 Å². The van der Waals surface area contributed by atoms with E-state index in [9.17, 15) is 9.59 Å². The molecule has 2 N–H and O–H groups in total. The van der Waals surface area contributed by atoms with Gasteiger partial charge in [-0.25, -0.2) is 0 Å². The van der Waals surface area contributed by atoms with Crippen LogP contribution in [0.25, 0.3) is 0 Å². The molecule has 0 spiro atoms. The average Bonchev–Trinajstić information content (AvgIpc) is 2.25. The lowest BCUT2D eigenvalue weighted by atomic mass is 10.1. The maximum Gasteiger partial charge on any atom is 0.239 e. The van der Waals surface area contributed by atoms with Gasteiger partial charge in [0.25, 0.3) is 0 Å². The Bertz CT molecular complexity index is 234. The Morgan fingerprint density at radius 3 is 2.44 bits per heavy atom. The lowest BCUT2D eigenvalue weighted by Crippen LogP contribution is -2.42. The van der Waals surface area contributed by atoms with Crippen molar-refractivity contribution < 1.29 is 14.3 Å². The third kappa shape index (κ3) is 6.68. The summed E-state index contributed by atoms with van der Waals surface area (Å²) in [6.45, 7) is 4.68. The van der Waals surface area contributed by atoms with Crippen molar-refractivity contribution >= 4 is 24.4 Å².